The van der Waals surface area contributed by atoms with Crippen molar-refractivity contribution < 1.29 is 32.5 Å². The first-order valence-corrected chi connectivity index (χ1v) is 12.0. The normalized spacial score (nSPS) is 12.3. The summed E-state index contributed by atoms with van der Waals surface area (Å²) in [5.74, 6) is 0.0849. The van der Waals surface area contributed by atoms with Crippen LogP contribution in [0.3, 0.4) is 0 Å². The second-order valence-corrected chi connectivity index (χ2v) is 8.79. The number of nitrogens with zero attached hydrogens (tertiary/aromatic N) is 2. The largest absolute Gasteiger partial charge is 0.492 e. The van der Waals surface area contributed by atoms with E-state index in [0.29, 0.717) is 35.9 Å². The molecule has 10 heteroatoms. The van der Waals surface area contributed by atoms with Crippen LogP contribution in [0.4, 0.5) is 18.3 Å². The standard InChI is InChI=1S/C25H27F3N2O4S/c1-4-11-30(12-13-33-20-9-10-22(16(2)14-20)34-17(3)23(31)32)24-29-21(15-35-24)18-5-7-19(8-6-18)25(26,27)28/h5-10,14-15,17H,4,11-13H2,1-3H3,(H,31,32). The molecular weight excluding hydrogens is 481 g/mol. The molecule has 1 atom stereocenters. The summed E-state index contributed by atoms with van der Waals surface area (Å²) in [4.78, 5) is 17.7. The van der Waals surface area contributed by atoms with Gasteiger partial charge in [-0.3, -0.25) is 0 Å². The highest BCUT2D eigenvalue weighted by molar-refractivity contribution is 7.14. The van der Waals surface area contributed by atoms with Gasteiger partial charge in [0.05, 0.1) is 17.8 Å². The van der Waals surface area contributed by atoms with Crippen LogP contribution in [0, 0.1) is 6.92 Å². The molecule has 0 aliphatic rings. The third-order valence-corrected chi connectivity index (χ3v) is 6.09. The second-order valence-electron chi connectivity index (χ2n) is 7.95. The van der Waals surface area contributed by atoms with E-state index in [9.17, 15) is 18.0 Å². The van der Waals surface area contributed by atoms with Gasteiger partial charge < -0.3 is 19.5 Å². The average molecular weight is 509 g/mol. The van der Waals surface area contributed by atoms with E-state index in [1.807, 2.05) is 12.3 Å². The molecule has 188 valence electrons. The van der Waals surface area contributed by atoms with Crippen LogP contribution in [0.1, 0.15) is 31.4 Å². The molecule has 3 aromatic rings. The van der Waals surface area contributed by atoms with Crippen molar-refractivity contribution in [3.63, 3.8) is 0 Å². The molecule has 0 saturated heterocycles. The van der Waals surface area contributed by atoms with Crippen LogP contribution in [0.2, 0.25) is 0 Å². The van der Waals surface area contributed by atoms with Crippen LogP contribution in [-0.4, -0.2) is 41.9 Å². The summed E-state index contributed by atoms with van der Waals surface area (Å²) in [7, 11) is 0. The van der Waals surface area contributed by atoms with Crippen molar-refractivity contribution in [1.29, 1.82) is 0 Å². The smallest absolute Gasteiger partial charge is 0.416 e. The topological polar surface area (TPSA) is 71.9 Å². The summed E-state index contributed by atoms with van der Waals surface area (Å²) in [6.45, 7) is 7.05. The number of thiazole rings is 1. The molecule has 0 radical (unpaired) electrons. The van der Waals surface area contributed by atoms with Gasteiger partial charge in [-0.2, -0.15) is 13.2 Å². The Hall–Kier alpha value is -3.27. The highest BCUT2D eigenvalue weighted by atomic mass is 32.1. The summed E-state index contributed by atoms with van der Waals surface area (Å²) >= 11 is 1.43. The summed E-state index contributed by atoms with van der Waals surface area (Å²) in [6.07, 6.45) is -4.43. The summed E-state index contributed by atoms with van der Waals surface area (Å²) in [5, 5.41) is 11.6. The van der Waals surface area contributed by atoms with Crippen molar-refractivity contribution in [3.8, 4) is 22.8 Å². The highest BCUT2D eigenvalue weighted by Crippen LogP contribution is 2.32. The minimum atomic E-state index is -4.37. The Morgan fingerprint density at radius 3 is 2.49 bits per heavy atom. The van der Waals surface area contributed by atoms with Gasteiger partial charge in [0.1, 0.15) is 18.1 Å². The number of aliphatic carboxylic acids is 1. The molecule has 0 amide bonds. The Kier molecular flexibility index (Phi) is 8.61. The van der Waals surface area contributed by atoms with Gasteiger partial charge >= 0.3 is 12.1 Å². The van der Waals surface area contributed by atoms with E-state index in [1.165, 1.54) is 30.4 Å². The fraction of sp³-hybridized carbons (Fsp3) is 0.360. The SMILES string of the molecule is CCCN(CCOc1ccc(OC(C)C(=O)O)c(C)c1)c1nc(-c2ccc(C(F)(F)F)cc2)cs1. The monoisotopic (exact) mass is 508 g/mol. The van der Waals surface area contributed by atoms with Crippen LogP contribution < -0.4 is 14.4 Å². The molecular formula is C25H27F3N2O4S. The van der Waals surface area contributed by atoms with Gasteiger partial charge in [-0.05, 0) is 56.2 Å². The van der Waals surface area contributed by atoms with Crippen LogP contribution in [-0.2, 0) is 11.0 Å². The number of ether oxygens (including phenoxy) is 2. The molecule has 1 aromatic heterocycles. The van der Waals surface area contributed by atoms with Gasteiger partial charge in [0.2, 0.25) is 0 Å². The zero-order valence-electron chi connectivity index (χ0n) is 19.6. The summed E-state index contributed by atoms with van der Waals surface area (Å²) < 4.78 is 49.8. The van der Waals surface area contributed by atoms with E-state index in [-0.39, 0.29) is 0 Å². The zero-order valence-corrected chi connectivity index (χ0v) is 20.4. The second kappa shape index (κ2) is 11.4. The lowest BCUT2D eigenvalue weighted by Gasteiger charge is -2.21. The van der Waals surface area contributed by atoms with Gasteiger partial charge in [0.25, 0.3) is 0 Å². The number of anilines is 1. The molecule has 0 bridgehead atoms. The van der Waals surface area contributed by atoms with E-state index < -0.39 is 23.8 Å². The maximum absolute atomic E-state index is 12.8. The molecule has 0 fully saturated rings. The number of carbonyl (C=O) groups is 1. The number of rotatable bonds is 11. The number of aryl methyl sites for hydroxylation is 1. The average Bonchev–Trinajstić information content (AvgIpc) is 3.30. The Bertz CT molecular complexity index is 1130. The molecule has 0 aliphatic carbocycles. The van der Waals surface area contributed by atoms with Gasteiger partial charge in [0, 0.05) is 17.5 Å². The lowest BCUT2D eigenvalue weighted by Crippen LogP contribution is -2.29. The molecule has 6 nitrogen and oxygen atoms in total. The molecule has 1 heterocycles. The van der Waals surface area contributed by atoms with E-state index in [0.717, 1.165) is 35.8 Å². The van der Waals surface area contributed by atoms with Gasteiger partial charge in [-0.25, -0.2) is 9.78 Å². The van der Waals surface area contributed by atoms with Gasteiger partial charge in [-0.15, -0.1) is 11.3 Å². The van der Waals surface area contributed by atoms with Crippen molar-refractivity contribution in [3.05, 3.63) is 59.0 Å². The minimum absolute atomic E-state index is 0.389. The number of aromatic nitrogens is 1. The van der Waals surface area contributed by atoms with Crippen LogP contribution in [0.25, 0.3) is 11.3 Å². The van der Waals surface area contributed by atoms with Crippen LogP contribution in [0.15, 0.2) is 47.8 Å². The Balaban J connectivity index is 1.62. The van der Waals surface area contributed by atoms with Gasteiger partial charge in [-0.1, -0.05) is 19.1 Å². The fourth-order valence-corrected chi connectivity index (χ4v) is 4.19. The molecule has 0 aliphatic heterocycles. The Labute approximate surface area is 205 Å². The van der Waals surface area contributed by atoms with Crippen molar-refractivity contribution in [2.45, 2.75) is 39.5 Å². The Morgan fingerprint density at radius 2 is 1.89 bits per heavy atom. The molecule has 0 saturated carbocycles. The van der Waals surface area contributed by atoms with Crippen molar-refractivity contribution in [1.82, 2.24) is 4.98 Å². The third kappa shape index (κ3) is 7.11. The first-order chi connectivity index (χ1) is 16.6. The highest BCUT2D eigenvalue weighted by Gasteiger charge is 2.30. The third-order valence-electron chi connectivity index (χ3n) is 5.19. The van der Waals surface area contributed by atoms with E-state index >= 15 is 0 Å². The molecule has 1 N–H and O–H groups in total. The predicted molar refractivity (Wildman–Crippen MR) is 129 cm³/mol. The summed E-state index contributed by atoms with van der Waals surface area (Å²) in [6, 6.07) is 10.2. The number of benzene rings is 2. The molecule has 2 aromatic carbocycles. The zero-order chi connectivity index (χ0) is 25.6. The Morgan fingerprint density at radius 1 is 1.17 bits per heavy atom. The van der Waals surface area contributed by atoms with E-state index in [4.69, 9.17) is 14.6 Å². The maximum Gasteiger partial charge on any atom is 0.416 e. The van der Waals surface area contributed by atoms with Gasteiger partial charge in [0.15, 0.2) is 11.2 Å². The van der Waals surface area contributed by atoms with Crippen LogP contribution >= 0.6 is 11.3 Å². The molecule has 3 rings (SSSR count). The number of carboxylic acids is 1. The molecule has 1 unspecified atom stereocenters. The minimum Gasteiger partial charge on any atom is -0.492 e. The maximum atomic E-state index is 12.8. The van der Waals surface area contributed by atoms with Crippen LogP contribution in [0.5, 0.6) is 11.5 Å². The predicted octanol–water partition coefficient (Wildman–Crippen LogP) is 6.28. The number of hydrogen-bond acceptors (Lipinski definition) is 6. The van der Waals surface area contributed by atoms with E-state index in [1.54, 1.807) is 18.2 Å². The van der Waals surface area contributed by atoms with E-state index in [2.05, 4.69) is 16.8 Å². The molecule has 35 heavy (non-hydrogen) atoms. The number of carboxylic acid groups (broad SMARTS) is 1. The summed E-state index contributed by atoms with van der Waals surface area (Å²) in [5.41, 5.74) is 1.33. The molecule has 0 spiro atoms. The first kappa shape index (κ1) is 26.3. The van der Waals surface area contributed by atoms with Crippen molar-refractivity contribution in [2.24, 2.45) is 0 Å². The first-order valence-electron chi connectivity index (χ1n) is 11.1. The fourth-order valence-electron chi connectivity index (χ4n) is 3.30. The number of halogens is 3. The van der Waals surface area contributed by atoms with Crippen molar-refractivity contribution >= 4 is 22.4 Å². The number of hydrogen-bond donors (Lipinski definition) is 1. The van der Waals surface area contributed by atoms with Crippen molar-refractivity contribution in [2.75, 3.05) is 24.6 Å². The lowest BCUT2D eigenvalue weighted by atomic mass is 10.1. The lowest BCUT2D eigenvalue weighted by molar-refractivity contribution is -0.144. The quantitative estimate of drug-likeness (QED) is 0.329. The number of alkyl halides is 3.